The monoisotopic (exact) mass is 227 g/mol. The third-order valence-corrected chi connectivity index (χ3v) is 3.49. The van der Waals surface area contributed by atoms with Crippen LogP contribution >= 0.6 is 0 Å². The van der Waals surface area contributed by atoms with Gasteiger partial charge >= 0.3 is 0 Å². The fourth-order valence-corrected chi connectivity index (χ4v) is 2.25. The number of nitriles is 1. The molecule has 1 saturated carbocycles. The van der Waals surface area contributed by atoms with E-state index in [4.69, 9.17) is 0 Å². The van der Waals surface area contributed by atoms with Crippen LogP contribution < -0.4 is 0 Å². The molecule has 2 heteroatoms. The smallest absolute Gasteiger partial charge is 0.136 e. The van der Waals surface area contributed by atoms with Crippen molar-refractivity contribution in [3.8, 4) is 6.07 Å². The molecule has 0 bridgehead atoms. The highest BCUT2D eigenvalue weighted by molar-refractivity contribution is 5.90. The summed E-state index contributed by atoms with van der Waals surface area (Å²) in [5, 5.41) is 9.30. The molecule has 17 heavy (non-hydrogen) atoms. The molecule has 1 aromatic carbocycles. The van der Waals surface area contributed by atoms with Crippen LogP contribution in [0.1, 0.15) is 44.7 Å². The average Bonchev–Trinajstić information content (AvgIpc) is 2.23. The van der Waals surface area contributed by atoms with E-state index in [-0.39, 0.29) is 11.2 Å². The first-order valence-corrected chi connectivity index (χ1v) is 5.91. The van der Waals surface area contributed by atoms with Crippen molar-refractivity contribution in [2.75, 3.05) is 0 Å². The molecule has 0 atom stereocenters. The Hall–Kier alpha value is -1.62. The van der Waals surface area contributed by atoms with Crippen molar-refractivity contribution < 1.29 is 4.79 Å². The molecule has 2 rings (SSSR count). The quantitative estimate of drug-likeness (QED) is 0.739. The number of carbonyl (C=O) groups excluding carboxylic acids is 1. The van der Waals surface area contributed by atoms with Crippen molar-refractivity contribution in [2.24, 2.45) is 0 Å². The van der Waals surface area contributed by atoms with Gasteiger partial charge in [-0.15, -0.1) is 0 Å². The molecule has 0 heterocycles. The lowest BCUT2D eigenvalue weighted by molar-refractivity contribution is -0.126. The van der Waals surface area contributed by atoms with Gasteiger partial charge in [-0.1, -0.05) is 45.0 Å². The van der Waals surface area contributed by atoms with Crippen LogP contribution in [0.2, 0.25) is 0 Å². The number of rotatable bonds is 1. The van der Waals surface area contributed by atoms with Gasteiger partial charge in [0.2, 0.25) is 0 Å². The summed E-state index contributed by atoms with van der Waals surface area (Å²) in [5.74, 6) is 0.188. The third-order valence-electron chi connectivity index (χ3n) is 3.49. The van der Waals surface area contributed by atoms with E-state index in [0.717, 1.165) is 5.56 Å². The van der Waals surface area contributed by atoms with Crippen LogP contribution in [-0.4, -0.2) is 5.78 Å². The van der Waals surface area contributed by atoms with Gasteiger partial charge in [-0.2, -0.15) is 5.26 Å². The maximum atomic E-state index is 11.2. The van der Waals surface area contributed by atoms with Crippen LogP contribution in [0.5, 0.6) is 0 Å². The lowest BCUT2D eigenvalue weighted by Gasteiger charge is -2.35. The van der Waals surface area contributed by atoms with Gasteiger partial charge in [-0.05, 0) is 16.5 Å². The molecular weight excluding hydrogens is 210 g/mol. The van der Waals surface area contributed by atoms with E-state index < -0.39 is 5.41 Å². The van der Waals surface area contributed by atoms with Crippen LogP contribution in [0.4, 0.5) is 0 Å². The normalized spacial score (nSPS) is 18.4. The SMILES string of the molecule is CC(C)(C)c1cccc(C2(C#N)CC(=O)C2)c1. The topological polar surface area (TPSA) is 40.9 Å². The van der Waals surface area contributed by atoms with E-state index in [1.807, 2.05) is 12.1 Å². The second kappa shape index (κ2) is 3.70. The minimum atomic E-state index is -0.557. The summed E-state index contributed by atoms with van der Waals surface area (Å²) >= 11 is 0. The second-order valence-electron chi connectivity index (χ2n) is 5.92. The molecule has 88 valence electrons. The Bertz CT molecular complexity index is 494. The lowest BCUT2D eigenvalue weighted by Crippen LogP contribution is -2.40. The number of hydrogen-bond donors (Lipinski definition) is 0. The Labute approximate surface area is 102 Å². The third kappa shape index (κ3) is 1.98. The molecule has 1 aromatic rings. The Morgan fingerprint density at radius 3 is 2.41 bits per heavy atom. The first kappa shape index (κ1) is 11.9. The Morgan fingerprint density at radius 2 is 1.94 bits per heavy atom. The minimum absolute atomic E-state index is 0.0699. The number of benzene rings is 1. The van der Waals surface area contributed by atoms with E-state index >= 15 is 0 Å². The highest BCUT2D eigenvalue weighted by Crippen LogP contribution is 2.41. The summed E-state index contributed by atoms with van der Waals surface area (Å²) in [4.78, 5) is 11.2. The van der Waals surface area contributed by atoms with Crippen LogP contribution in [0.3, 0.4) is 0 Å². The van der Waals surface area contributed by atoms with E-state index in [9.17, 15) is 10.1 Å². The first-order valence-electron chi connectivity index (χ1n) is 5.91. The molecule has 1 aliphatic rings. The minimum Gasteiger partial charge on any atom is -0.300 e. The molecule has 0 aliphatic heterocycles. The highest BCUT2D eigenvalue weighted by atomic mass is 16.1. The maximum absolute atomic E-state index is 11.2. The molecule has 0 saturated heterocycles. The van der Waals surface area contributed by atoms with Gasteiger partial charge in [0.25, 0.3) is 0 Å². The van der Waals surface area contributed by atoms with Crippen LogP contribution in [0, 0.1) is 11.3 Å². The van der Waals surface area contributed by atoms with Gasteiger partial charge < -0.3 is 0 Å². The Balaban J connectivity index is 2.41. The second-order valence-corrected chi connectivity index (χ2v) is 5.92. The summed E-state index contributed by atoms with van der Waals surface area (Å²) < 4.78 is 0. The predicted octanol–water partition coefficient (Wildman–Crippen LogP) is 3.11. The van der Waals surface area contributed by atoms with Gasteiger partial charge in [0.05, 0.1) is 11.5 Å². The fourth-order valence-electron chi connectivity index (χ4n) is 2.25. The molecule has 1 fully saturated rings. The molecule has 0 N–H and O–H groups in total. The first-order chi connectivity index (χ1) is 7.87. The molecule has 0 spiro atoms. The zero-order valence-electron chi connectivity index (χ0n) is 10.6. The molecule has 0 unspecified atom stereocenters. The predicted molar refractivity (Wildman–Crippen MR) is 66.7 cm³/mol. The van der Waals surface area contributed by atoms with Crippen molar-refractivity contribution in [1.29, 1.82) is 5.26 Å². The fraction of sp³-hybridized carbons (Fsp3) is 0.467. The van der Waals surface area contributed by atoms with Crippen LogP contribution in [-0.2, 0) is 15.6 Å². The van der Waals surface area contributed by atoms with Crippen LogP contribution in [0.25, 0.3) is 0 Å². The number of hydrogen-bond acceptors (Lipinski definition) is 2. The van der Waals surface area contributed by atoms with Gasteiger partial charge in [0, 0.05) is 12.8 Å². The van der Waals surface area contributed by atoms with Crippen molar-refractivity contribution >= 4 is 5.78 Å². The zero-order chi connectivity index (χ0) is 12.7. The lowest BCUT2D eigenvalue weighted by atomic mass is 9.64. The largest absolute Gasteiger partial charge is 0.300 e. The highest BCUT2D eigenvalue weighted by Gasteiger charge is 2.45. The van der Waals surface area contributed by atoms with E-state index in [0.29, 0.717) is 12.8 Å². The van der Waals surface area contributed by atoms with Crippen molar-refractivity contribution in [3.05, 3.63) is 35.4 Å². The summed E-state index contributed by atoms with van der Waals surface area (Å²) in [5.41, 5.74) is 1.72. The average molecular weight is 227 g/mol. The Morgan fingerprint density at radius 1 is 1.29 bits per heavy atom. The molecule has 0 amide bonds. The molecule has 2 nitrogen and oxygen atoms in total. The van der Waals surface area contributed by atoms with Crippen LogP contribution in [0.15, 0.2) is 24.3 Å². The number of nitrogens with zero attached hydrogens (tertiary/aromatic N) is 1. The van der Waals surface area contributed by atoms with Crippen molar-refractivity contribution in [2.45, 2.75) is 44.4 Å². The summed E-state index contributed by atoms with van der Waals surface area (Å²) in [6.07, 6.45) is 0.744. The van der Waals surface area contributed by atoms with Gasteiger partial charge in [-0.3, -0.25) is 4.79 Å². The summed E-state index contributed by atoms with van der Waals surface area (Å²) in [6, 6.07) is 10.4. The summed E-state index contributed by atoms with van der Waals surface area (Å²) in [7, 11) is 0. The number of Topliss-reactive ketones (excluding diaryl/α,β-unsaturated/α-hetero) is 1. The van der Waals surface area contributed by atoms with E-state index in [2.05, 4.69) is 39.0 Å². The number of ketones is 1. The molecule has 0 aromatic heterocycles. The maximum Gasteiger partial charge on any atom is 0.136 e. The number of carbonyl (C=O) groups is 1. The standard InChI is InChI=1S/C15H17NO/c1-14(2,3)11-5-4-6-12(7-11)15(10-16)8-13(17)9-15/h4-7H,8-9H2,1-3H3. The molecule has 0 radical (unpaired) electrons. The van der Waals surface area contributed by atoms with Gasteiger partial charge in [0.1, 0.15) is 5.78 Å². The molecular formula is C15H17NO. The van der Waals surface area contributed by atoms with E-state index in [1.54, 1.807) is 0 Å². The Kier molecular flexibility index (Phi) is 2.58. The zero-order valence-corrected chi connectivity index (χ0v) is 10.6. The van der Waals surface area contributed by atoms with E-state index in [1.165, 1.54) is 5.56 Å². The van der Waals surface area contributed by atoms with Crippen molar-refractivity contribution in [3.63, 3.8) is 0 Å². The molecule has 1 aliphatic carbocycles. The van der Waals surface area contributed by atoms with Gasteiger partial charge in [-0.25, -0.2) is 0 Å². The van der Waals surface area contributed by atoms with Gasteiger partial charge in [0.15, 0.2) is 0 Å². The summed E-state index contributed by atoms with van der Waals surface area (Å²) in [6.45, 7) is 6.45. The van der Waals surface area contributed by atoms with Crippen molar-refractivity contribution in [1.82, 2.24) is 0 Å².